The summed E-state index contributed by atoms with van der Waals surface area (Å²) in [4.78, 5) is 21.8. The van der Waals surface area contributed by atoms with E-state index in [1.807, 2.05) is 0 Å². The van der Waals surface area contributed by atoms with Gasteiger partial charge in [-0.15, -0.1) is 0 Å². The largest absolute Gasteiger partial charge is 0.481 e. The first-order valence-corrected chi connectivity index (χ1v) is 5.49. The summed E-state index contributed by atoms with van der Waals surface area (Å²) in [5.41, 5.74) is 0.396. The molecular formula is C11H11BrO4. The second-order valence-electron chi connectivity index (χ2n) is 2.89. The van der Waals surface area contributed by atoms with Crippen molar-refractivity contribution in [3.8, 4) is 5.75 Å². The van der Waals surface area contributed by atoms with Gasteiger partial charge >= 0.3 is 5.97 Å². The van der Waals surface area contributed by atoms with Crippen LogP contribution in [0.25, 0.3) is 0 Å². The van der Waals surface area contributed by atoms with E-state index in [9.17, 15) is 9.59 Å². The molecule has 0 fully saturated rings. The van der Waals surface area contributed by atoms with Crippen LogP contribution in [0.2, 0.25) is 0 Å². The smallest absolute Gasteiger partial charge is 0.344 e. The molecule has 0 aromatic heterocycles. The van der Waals surface area contributed by atoms with Gasteiger partial charge in [-0.1, -0.05) is 15.9 Å². The van der Waals surface area contributed by atoms with E-state index in [0.717, 1.165) is 4.47 Å². The molecule has 0 N–H and O–H groups in total. The van der Waals surface area contributed by atoms with Crippen LogP contribution in [0.3, 0.4) is 0 Å². The first-order valence-electron chi connectivity index (χ1n) is 4.70. The summed E-state index contributed by atoms with van der Waals surface area (Å²) in [6.07, 6.45) is 0.674. The molecule has 0 radical (unpaired) electrons. The number of aldehydes is 1. The van der Waals surface area contributed by atoms with Gasteiger partial charge in [-0.25, -0.2) is 4.79 Å². The van der Waals surface area contributed by atoms with E-state index in [4.69, 9.17) is 9.47 Å². The Morgan fingerprint density at radius 3 is 2.88 bits per heavy atom. The summed E-state index contributed by atoms with van der Waals surface area (Å²) in [5, 5.41) is 0. The summed E-state index contributed by atoms with van der Waals surface area (Å²) in [6.45, 7) is 1.82. The van der Waals surface area contributed by atoms with Crippen LogP contribution in [0.5, 0.6) is 5.75 Å². The Morgan fingerprint density at radius 2 is 2.25 bits per heavy atom. The fourth-order valence-electron chi connectivity index (χ4n) is 1.07. The Balaban J connectivity index is 2.68. The maximum atomic E-state index is 11.1. The zero-order chi connectivity index (χ0) is 12.0. The van der Waals surface area contributed by atoms with E-state index in [0.29, 0.717) is 24.2 Å². The second kappa shape index (κ2) is 6.27. The molecule has 4 nitrogen and oxygen atoms in total. The van der Waals surface area contributed by atoms with E-state index in [-0.39, 0.29) is 6.61 Å². The van der Waals surface area contributed by atoms with Crippen LogP contribution in [0.15, 0.2) is 22.7 Å². The third-order valence-corrected chi connectivity index (χ3v) is 2.25. The van der Waals surface area contributed by atoms with Crippen molar-refractivity contribution in [3.05, 3.63) is 28.2 Å². The summed E-state index contributed by atoms with van der Waals surface area (Å²) in [7, 11) is 0. The Kier molecular flexibility index (Phi) is 4.98. The molecule has 0 spiro atoms. The average molecular weight is 287 g/mol. The molecule has 1 rings (SSSR count). The quantitative estimate of drug-likeness (QED) is 0.615. The molecule has 0 amide bonds. The number of rotatable bonds is 5. The van der Waals surface area contributed by atoms with Crippen LogP contribution in [0.4, 0.5) is 0 Å². The minimum absolute atomic E-state index is 0.203. The first kappa shape index (κ1) is 12.7. The van der Waals surface area contributed by atoms with Crippen molar-refractivity contribution in [1.29, 1.82) is 0 Å². The predicted octanol–water partition coefficient (Wildman–Crippen LogP) is 2.20. The molecule has 1 aromatic rings. The molecule has 0 aliphatic carbocycles. The molecule has 16 heavy (non-hydrogen) atoms. The van der Waals surface area contributed by atoms with Crippen molar-refractivity contribution >= 4 is 28.2 Å². The lowest BCUT2D eigenvalue weighted by molar-refractivity contribution is -0.145. The molecule has 0 saturated carbocycles. The van der Waals surface area contributed by atoms with Crippen molar-refractivity contribution < 1.29 is 19.1 Å². The van der Waals surface area contributed by atoms with Crippen molar-refractivity contribution in [1.82, 2.24) is 0 Å². The van der Waals surface area contributed by atoms with Crippen LogP contribution >= 0.6 is 15.9 Å². The van der Waals surface area contributed by atoms with Gasteiger partial charge in [-0.05, 0) is 25.1 Å². The van der Waals surface area contributed by atoms with Gasteiger partial charge in [0.1, 0.15) is 5.75 Å². The first-order chi connectivity index (χ1) is 7.67. The third-order valence-electron chi connectivity index (χ3n) is 1.75. The number of hydrogen-bond acceptors (Lipinski definition) is 4. The van der Waals surface area contributed by atoms with Gasteiger partial charge in [0.05, 0.1) is 12.2 Å². The van der Waals surface area contributed by atoms with Gasteiger partial charge in [0.25, 0.3) is 0 Å². The van der Waals surface area contributed by atoms with Crippen LogP contribution in [-0.4, -0.2) is 25.5 Å². The number of esters is 1. The van der Waals surface area contributed by atoms with Crippen LogP contribution in [0.1, 0.15) is 17.3 Å². The molecule has 0 bridgehead atoms. The van der Waals surface area contributed by atoms with E-state index >= 15 is 0 Å². The standard InChI is InChI=1S/C11H11BrO4/c1-2-15-11(14)7-16-10-5-9(12)4-3-8(10)6-13/h3-6H,2,7H2,1H3. The minimum atomic E-state index is -0.459. The molecule has 0 aliphatic rings. The topological polar surface area (TPSA) is 52.6 Å². The highest BCUT2D eigenvalue weighted by molar-refractivity contribution is 9.10. The Morgan fingerprint density at radius 1 is 1.50 bits per heavy atom. The molecular weight excluding hydrogens is 276 g/mol. The lowest BCUT2D eigenvalue weighted by atomic mass is 10.2. The number of halogens is 1. The van der Waals surface area contributed by atoms with Crippen molar-refractivity contribution in [2.75, 3.05) is 13.2 Å². The zero-order valence-electron chi connectivity index (χ0n) is 8.73. The Bertz CT molecular complexity index is 390. The van der Waals surface area contributed by atoms with Crippen LogP contribution < -0.4 is 4.74 Å². The van der Waals surface area contributed by atoms with Gasteiger partial charge in [0.2, 0.25) is 0 Å². The second-order valence-corrected chi connectivity index (χ2v) is 3.81. The highest BCUT2D eigenvalue weighted by Gasteiger charge is 2.07. The predicted molar refractivity (Wildman–Crippen MR) is 61.7 cm³/mol. The molecule has 1 aromatic carbocycles. The molecule has 5 heteroatoms. The molecule has 0 heterocycles. The molecule has 0 saturated heterocycles. The highest BCUT2D eigenvalue weighted by Crippen LogP contribution is 2.22. The van der Waals surface area contributed by atoms with E-state index < -0.39 is 5.97 Å². The van der Waals surface area contributed by atoms with Crippen molar-refractivity contribution in [2.45, 2.75) is 6.92 Å². The maximum absolute atomic E-state index is 11.1. The SMILES string of the molecule is CCOC(=O)COc1cc(Br)ccc1C=O. The lowest BCUT2D eigenvalue weighted by Gasteiger charge is -2.08. The van der Waals surface area contributed by atoms with Crippen LogP contribution in [0, 0.1) is 0 Å². The molecule has 0 atom stereocenters. The number of carbonyl (C=O) groups excluding carboxylic acids is 2. The minimum Gasteiger partial charge on any atom is -0.481 e. The highest BCUT2D eigenvalue weighted by atomic mass is 79.9. The Labute approximate surface area is 102 Å². The average Bonchev–Trinajstić information content (AvgIpc) is 2.27. The summed E-state index contributed by atoms with van der Waals surface area (Å²) < 4.78 is 10.7. The number of benzene rings is 1. The van der Waals surface area contributed by atoms with Gasteiger partial charge < -0.3 is 9.47 Å². The monoisotopic (exact) mass is 286 g/mol. The number of ether oxygens (including phenoxy) is 2. The fraction of sp³-hybridized carbons (Fsp3) is 0.273. The van der Waals surface area contributed by atoms with Crippen molar-refractivity contribution in [2.24, 2.45) is 0 Å². The summed E-state index contributed by atoms with van der Waals surface area (Å²) in [5.74, 6) is -0.100. The normalized spacial score (nSPS) is 9.62. The van der Waals surface area contributed by atoms with E-state index in [2.05, 4.69) is 15.9 Å². The number of hydrogen-bond donors (Lipinski definition) is 0. The van der Waals surface area contributed by atoms with Gasteiger partial charge in [0.15, 0.2) is 12.9 Å². The summed E-state index contributed by atoms with van der Waals surface area (Å²) >= 11 is 3.25. The molecule has 86 valence electrons. The fourth-order valence-corrected chi connectivity index (χ4v) is 1.41. The molecule has 0 unspecified atom stereocenters. The van der Waals surface area contributed by atoms with E-state index in [1.54, 1.807) is 25.1 Å². The van der Waals surface area contributed by atoms with Gasteiger partial charge in [-0.2, -0.15) is 0 Å². The van der Waals surface area contributed by atoms with E-state index in [1.165, 1.54) is 0 Å². The van der Waals surface area contributed by atoms with Gasteiger partial charge in [0, 0.05) is 4.47 Å². The van der Waals surface area contributed by atoms with Gasteiger partial charge in [-0.3, -0.25) is 4.79 Å². The zero-order valence-corrected chi connectivity index (χ0v) is 10.3. The maximum Gasteiger partial charge on any atom is 0.344 e. The lowest BCUT2D eigenvalue weighted by Crippen LogP contribution is -2.15. The Hall–Kier alpha value is -1.36. The number of carbonyl (C=O) groups is 2. The van der Waals surface area contributed by atoms with Crippen molar-refractivity contribution in [3.63, 3.8) is 0 Å². The summed E-state index contributed by atoms with van der Waals surface area (Å²) in [6, 6.07) is 4.96. The van der Waals surface area contributed by atoms with Crippen LogP contribution in [-0.2, 0) is 9.53 Å². The molecule has 0 aliphatic heterocycles. The third kappa shape index (κ3) is 3.66.